The number of rotatable bonds is 6. The van der Waals surface area contributed by atoms with Crippen molar-refractivity contribution in [3.05, 3.63) is 35.4 Å². The molecule has 2 rings (SSSR count). The molecule has 1 heterocycles. The zero-order valence-corrected chi connectivity index (χ0v) is 12.8. The van der Waals surface area contributed by atoms with E-state index in [0.29, 0.717) is 13.1 Å². The number of amides is 1. The zero-order chi connectivity index (χ0) is 15.1. The summed E-state index contributed by atoms with van der Waals surface area (Å²) in [5.74, 6) is 0.0592. The highest BCUT2D eigenvalue weighted by atomic mass is 16.3. The molecule has 4 heteroatoms. The summed E-state index contributed by atoms with van der Waals surface area (Å²) in [5, 5.41) is 12.3. The van der Waals surface area contributed by atoms with Crippen molar-refractivity contribution in [2.45, 2.75) is 38.6 Å². The first-order valence-corrected chi connectivity index (χ1v) is 7.87. The van der Waals surface area contributed by atoms with Crippen LogP contribution in [0.2, 0.25) is 0 Å². The van der Waals surface area contributed by atoms with Crippen LogP contribution in [0, 0.1) is 6.92 Å². The van der Waals surface area contributed by atoms with E-state index in [0.717, 1.165) is 32.2 Å². The number of carbonyl (C=O) groups is 1. The number of aliphatic hydroxyl groups is 1. The lowest BCUT2D eigenvalue weighted by Crippen LogP contribution is -2.47. The van der Waals surface area contributed by atoms with Gasteiger partial charge in [-0.3, -0.25) is 9.69 Å². The van der Waals surface area contributed by atoms with E-state index < -0.39 is 0 Å². The quantitative estimate of drug-likeness (QED) is 0.835. The third-order valence-electron chi connectivity index (χ3n) is 4.28. The van der Waals surface area contributed by atoms with Gasteiger partial charge >= 0.3 is 0 Å². The van der Waals surface area contributed by atoms with Gasteiger partial charge in [0.1, 0.15) is 0 Å². The van der Waals surface area contributed by atoms with Crippen LogP contribution >= 0.6 is 0 Å². The van der Waals surface area contributed by atoms with Crippen molar-refractivity contribution in [2.24, 2.45) is 0 Å². The molecule has 1 aromatic rings. The molecule has 0 radical (unpaired) electrons. The lowest BCUT2D eigenvalue weighted by molar-refractivity contribution is -0.123. The van der Waals surface area contributed by atoms with Crippen molar-refractivity contribution in [3.8, 4) is 0 Å². The molecule has 0 unspecified atom stereocenters. The largest absolute Gasteiger partial charge is 0.395 e. The molecule has 1 aliphatic rings. The molecule has 0 bridgehead atoms. The molecule has 4 nitrogen and oxygen atoms in total. The summed E-state index contributed by atoms with van der Waals surface area (Å²) < 4.78 is 0. The van der Waals surface area contributed by atoms with Gasteiger partial charge in [0.15, 0.2) is 0 Å². The van der Waals surface area contributed by atoms with Gasteiger partial charge in [-0.05, 0) is 43.9 Å². The van der Waals surface area contributed by atoms with Gasteiger partial charge in [-0.2, -0.15) is 0 Å². The number of aliphatic hydroxyl groups excluding tert-OH is 1. The van der Waals surface area contributed by atoms with Crippen molar-refractivity contribution >= 4 is 5.91 Å². The Hall–Kier alpha value is -1.39. The molecular formula is C17H26N2O2. The molecule has 1 aliphatic heterocycles. The summed E-state index contributed by atoms with van der Waals surface area (Å²) in [5.41, 5.74) is 2.55. The Morgan fingerprint density at radius 2 is 2.19 bits per heavy atom. The number of nitrogens with zero attached hydrogens (tertiary/aromatic N) is 1. The van der Waals surface area contributed by atoms with Crippen molar-refractivity contribution in [3.63, 3.8) is 0 Å². The molecule has 0 aromatic heterocycles. The summed E-state index contributed by atoms with van der Waals surface area (Å²) in [7, 11) is 0. The molecule has 1 amide bonds. The molecule has 1 saturated heterocycles. The van der Waals surface area contributed by atoms with Gasteiger partial charge in [0.25, 0.3) is 0 Å². The molecule has 1 atom stereocenters. The fraction of sp³-hybridized carbons (Fsp3) is 0.588. The highest BCUT2D eigenvalue weighted by Crippen LogP contribution is 2.15. The van der Waals surface area contributed by atoms with Gasteiger partial charge in [0.2, 0.25) is 5.91 Å². The Morgan fingerprint density at radius 1 is 1.38 bits per heavy atom. The maximum absolute atomic E-state index is 12.0. The van der Waals surface area contributed by atoms with Crippen LogP contribution in [0.25, 0.3) is 0 Å². The van der Waals surface area contributed by atoms with Crippen LogP contribution in [-0.2, 0) is 11.2 Å². The SMILES string of the molecule is Cc1ccccc1CCNC(=O)CN1CCCC[C@@H]1CO. The first-order chi connectivity index (χ1) is 10.2. The van der Waals surface area contributed by atoms with Gasteiger partial charge in [0.05, 0.1) is 13.2 Å². The van der Waals surface area contributed by atoms with Gasteiger partial charge in [-0.15, -0.1) is 0 Å². The molecule has 1 fully saturated rings. The molecule has 21 heavy (non-hydrogen) atoms. The maximum Gasteiger partial charge on any atom is 0.234 e. The van der Waals surface area contributed by atoms with Crippen LogP contribution in [0.1, 0.15) is 30.4 Å². The predicted molar refractivity (Wildman–Crippen MR) is 84.2 cm³/mol. The predicted octanol–water partition coefficient (Wildman–Crippen LogP) is 1.50. The maximum atomic E-state index is 12.0. The molecule has 1 aromatic carbocycles. The van der Waals surface area contributed by atoms with E-state index in [9.17, 15) is 9.90 Å². The monoisotopic (exact) mass is 290 g/mol. The molecule has 0 aliphatic carbocycles. The van der Waals surface area contributed by atoms with Crippen molar-refractivity contribution in [2.75, 3.05) is 26.2 Å². The number of carbonyl (C=O) groups excluding carboxylic acids is 1. The highest BCUT2D eigenvalue weighted by molar-refractivity contribution is 5.78. The molecule has 0 spiro atoms. The molecule has 2 N–H and O–H groups in total. The Labute approximate surface area is 127 Å². The second-order valence-electron chi connectivity index (χ2n) is 5.83. The highest BCUT2D eigenvalue weighted by Gasteiger charge is 2.23. The third-order valence-corrected chi connectivity index (χ3v) is 4.28. The normalized spacial score (nSPS) is 19.4. The number of likely N-dealkylation sites (tertiary alicyclic amines) is 1. The minimum absolute atomic E-state index is 0.0592. The Balaban J connectivity index is 1.73. The Bertz CT molecular complexity index is 462. The smallest absolute Gasteiger partial charge is 0.234 e. The summed E-state index contributed by atoms with van der Waals surface area (Å²) in [6.45, 7) is 4.23. The van der Waals surface area contributed by atoms with Crippen LogP contribution in [0.15, 0.2) is 24.3 Å². The van der Waals surface area contributed by atoms with Crippen LogP contribution in [-0.4, -0.2) is 48.2 Å². The number of hydrogen-bond acceptors (Lipinski definition) is 3. The lowest BCUT2D eigenvalue weighted by atomic mass is 10.0. The van der Waals surface area contributed by atoms with E-state index in [2.05, 4.69) is 29.3 Å². The van der Waals surface area contributed by atoms with E-state index in [1.165, 1.54) is 11.1 Å². The van der Waals surface area contributed by atoms with Crippen LogP contribution in [0.4, 0.5) is 0 Å². The van der Waals surface area contributed by atoms with Crippen LogP contribution < -0.4 is 5.32 Å². The number of hydrogen-bond donors (Lipinski definition) is 2. The van der Waals surface area contributed by atoms with Crippen LogP contribution in [0.3, 0.4) is 0 Å². The van der Waals surface area contributed by atoms with Crippen molar-refractivity contribution in [1.82, 2.24) is 10.2 Å². The molecule has 116 valence electrons. The van der Waals surface area contributed by atoms with Gasteiger partial charge < -0.3 is 10.4 Å². The average molecular weight is 290 g/mol. The molecular weight excluding hydrogens is 264 g/mol. The minimum Gasteiger partial charge on any atom is -0.395 e. The topological polar surface area (TPSA) is 52.6 Å². The summed E-state index contributed by atoms with van der Waals surface area (Å²) in [6.07, 6.45) is 4.12. The number of nitrogens with one attached hydrogen (secondary N) is 1. The van der Waals surface area contributed by atoms with E-state index in [1.54, 1.807) is 0 Å². The van der Waals surface area contributed by atoms with Crippen LogP contribution in [0.5, 0.6) is 0 Å². The van der Waals surface area contributed by atoms with E-state index >= 15 is 0 Å². The van der Waals surface area contributed by atoms with Crippen molar-refractivity contribution in [1.29, 1.82) is 0 Å². The summed E-state index contributed by atoms with van der Waals surface area (Å²) >= 11 is 0. The lowest BCUT2D eigenvalue weighted by Gasteiger charge is -2.33. The van der Waals surface area contributed by atoms with E-state index in [-0.39, 0.29) is 18.6 Å². The first kappa shape index (κ1) is 16.0. The summed E-state index contributed by atoms with van der Waals surface area (Å²) in [6, 6.07) is 8.41. The third kappa shape index (κ3) is 4.83. The number of piperidine rings is 1. The minimum atomic E-state index is 0.0592. The second kappa shape index (κ2) is 8.15. The first-order valence-electron chi connectivity index (χ1n) is 7.87. The standard InChI is InChI=1S/C17H26N2O2/c1-14-6-2-3-7-15(14)9-10-18-17(21)12-19-11-5-4-8-16(19)13-20/h2-3,6-7,16,20H,4-5,8-13H2,1H3,(H,18,21)/t16-/m1/s1. The Morgan fingerprint density at radius 3 is 2.95 bits per heavy atom. The summed E-state index contributed by atoms with van der Waals surface area (Å²) in [4.78, 5) is 14.1. The van der Waals surface area contributed by atoms with E-state index in [1.807, 2.05) is 12.1 Å². The number of aryl methyl sites for hydroxylation is 1. The zero-order valence-electron chi connectivity index (χ0n) is 12.8. The average Bonchev–Trinajstić information content (AvgIpc) is 2.50. The fourth-order valence-electron chi connectivity index (χ4n) is 2.94. The number of benzene rings is 1. The van der Waals surface area contributed by atoms with Crippen molar-refractivity contribution < 1.29 is 9.90 Å². The molecule has 0 saturated carbocycles. The van der Waals surface area contributed by atoms with E-state index in [4.69, 9.17) is 0 Å². The fourth-order valence-corrected chi connectivity index (χ4v) is 2.94. The Kier molecular flexibility index (Phi) is 6.21. The van der Waals surface area contributed by atoms with Gasteiger partial charge in [-0.25, -0.2) is 0 Å². The second-order valence-corrected chi connectivity index (χ2v) is 5.83. The van der Waals surface area contributed by atoms with Gasteiger partial charge in [0, 0.05) is 12.6 Å². The van der Waals surface area contributed by atoms with Gasteiger partial charge in [-0.1, -0.05) is 30.7 Å².